The highest BCUT2D eigenvalue weighted by molar-refractivity contribution is 6.47. The summed E-state index contributed by atoms with van der Waals surface area (Å²) >= 11 is 0. The minimum Gasteiger partial charge on any atom is -0.358 e. The Kier molecular flexibility index (Phi) is 11.7. The van der Waals surface area contributed by atoms with E-state index in [4.69, 9.17) is 15.2 Å². The number of fused-ring (bicyclic) bond motifs is 2. The van der Waals surface area contributed by atoms with Crippen molar-refractivity contribution in [3.05, 3.63) is 83.7 Å². The Morgan fingerprint density at radius 2 is 1.92 bits per heavy atom. The molecule has 1 fully saturated rings. The van der Waals surface area contributed by atoms with Crippen molar-refractivity contribution < 1.29 is 19.6 Å². The molecule has 3 aliphatic heterocycles. The quantitative estimate of drug-likeness (QED) is 0.166. The molecule has 0 radical (unpaired) electrons. The number of amides is 1. The van der Waals surface area contributed by atoms with Crippen LogP contribution in [0.1, 0.15) is 88.0 Å². The highest BCUT2D eigenvalue weighted by Crippen LogP contribution is 2.30. The van der Waals surface area contributed by atoms with Crippen molar-refractivity contribution in [2.24, 2.45) is 21.8 Å². The van der Waals surface area contributed by atoms with Crippen molar-refractivity contribution in [1.82, 2.24) is 15.5 Å². The van der Waals surface area contributed by atoms with E-state index in [0.29, 0.717) is 24.7 Å². The number of aromatic nitrogens is 1. The third kappa shape index (κ3) is 9.13. The van der Waals surface area contributed by atoms with Crippen molar-refractivity contribution >= 4 is 45.7 Å². The van der Waals surface area contributed by atoms with E-state index in [1.807, 2.05) is 11.1 Å². The van der Waals surface area contributed by atoms with Gasteiger partial charge in [0.25, 0.3) is 0 Å². The molecule has 3 aromatic rings. The molecule has 10 heteroatoms. The Hall–Kier alpha value is -4.54. The second-order valence-electron chi connectivity index (χ2n) is 13.4. The van der Waals surface area contributed by atoms with Gasteiger partial charge in [0.1, 0.15) is 0 Å². The Labute approximate surface area is 288 Å². The standard InChI is InChI=1S/C39H48N6O4/c1-2-32-25-30-16-17-31(26-35(30)41-32)34-11-5-9-29-10-7-21-40-38(29)39(43-34)42-33-18-14-28(15-19-33)24-27-8-3-4-22-45(23-20-27)36(46)12-6-13-37(47)49-44-48/h7,11,14-19,21,25-27,29,41,44,48H,2-6,8-10,12-13,20,22-24H2,1H3,(H,42,43)/b34-11-. The second-order valence-corrected chi connectivity index (χ2v) is 13.4. The van der Waals surface area contributed by atoms with Crippen LogP contribution < -0.4 is 11.0 Å². The highest BCUT2D eigenvalue weighted by atomic mass is 16.8. The highest BCUT2D eigenvalue weighted by Gasteiger charge is 2.25. The summed E-state index contributed by atoms with van der Waals surface area (Å²) in [5.41, 5.74) is 9.10. The van der Waals surface area contributed by atoms with Crippen LogP contribution in [0.25, 0.3) is 16.6 Å². The number of nitrogens with one attached hydrogen (secondary N) is 3. The van der Waals surface area contributed by atoms with Crippen molar-refractivity contribution in [2.75, 3.05) is 18.4 Å². The molecule has 49 heavy (non-hydrogen) atoms. The molecule has 3 aliphatic rings. The van der Waals surface area contributed by atoms with E-state index >= 15 is 0 Å². The molecule has 10 nitrogen and oxygen atoms in total. The Morgan fingerprint density at radius 3 is 2.76 bits per heavy atom. The normalized spacial score (nSPS) is 20.9. The number of hydrogen-bond donors (Lipinski definition) is 4. The van der Waals surface area contributed by atoms with Crippen LogP contribution in [0.2, 0.25) is 0 Å². The van der Waals surface area contributed by atoms with Gasteiger partial charge in [-0.1, -0.05) is 49.8 Å². The number of carbonyl (C=O) groups is 2. The van der Waals surface area contributed by atoms with Gasteiger partial charge in [-0.3, -0.25) is 19.8 Å². The zero-order chi connectivity index (χ0) is 34.0. The first-order valence-corrected chi connectivity index (χ1v) is 17.9. The zero-order valence-corrected chi connectivity index (χ0v) is 28.4. The summed E-state index contributed by atoms with van der Waals surface area (Å²) in [7, 11) is 0. The van der Waals surface area contributed by atoms with Gasteiger partial charge in [-0.25, -0.2) is 4.99 Å². The van der Waals surface area contributed by atoms with Gasteiger partial charge in [0.15, 0.2) is 5.84 Å². The smallest absolute Gasteiger partial charge is 0.327 e. The molecule has 0 saturated carbocycles. The first-order valence-electron chi connectivity index (χ1n) is 17.9. The number of aryl methyl sites for hydroxylation is 1. The fraction of sp³-hybridized carbons (Fsp3) is 0.436. The summed E-state index contributed by atoms with van der Waals surface area (Å²) in [5.74, 6) is 1.13. The maximum atomic E-state index is 12.8. The van der Waals surface area contributed by atoms with Gasteiger partial charge in [-0.2, -0.15) is 0 Å². The number of anilines is 1. The largest absolute Gasteiger partial charge is 0.358 e. The topological polar surface area (TPSA) is 131 Å². The van der Waals surface area contributed by atoms with Crippen LogP contribution in [0.5, 0.6) is 0 Å². The van der Waals surface area contributed by atoms with E-state index in [0.717, 1.165) is 105 Å². The first kappa shape index (κ1) is 34.3. The van der Waals surface area contributed by atoms with E-state index in [2.05, 4.69) is 82.7 Å². The molecule has 2 atom stereocenters. The van der Waals surface area contributed by atoms with Crippen LogP contribution in [-0.4, -0.2) is 51.6 Å². The third-order valence-electron chi connectivity index (χ3n) is 9.93. The number of rotatable bonds is 10. The van der Waals surface area contributed by atoms with Gasteiger partial charge in [-0.15, -0.1) is 0 Å². The minimum atomic E-state index is -0.580. The number of hydrogen-bond acceptors (Lipinski definition) is 8. The molecule has 4 heterocycles. The molecule has 1 amide bonds. The number of amidine groups is 1. The van der Waals surface area contributed by atoms with E-state index in [-0.39, 0.29) is 12.3 Å². The zero-order valence-electron chi connectivity index (χ0n) is 28.4. The second kappa shape index (κ2) is 16.7. The number of nitrogens with zero attached hydrogens (tertiary/aromatic N) is 3. The molecule has 2 unspecified atom stereocenters. The molecule has 1 aromatic heterocycles. The lowest BCUT2D eigenvalue weighted by molar-refractivity contribution is -0.176. The van der Waals surface area contributed by atoms with E-state index in [1.54, 1.807) is 0 Å². The van der Waals surface area contributed by atoms with Crippen LogP contribution >= 0.6 is 0 Å². The number of benzene rings is 2. The van der Waals surface area contributed by atoms with Crippen LogP contribution in [-0.2, 0) is 27.3 Å². The van der Waals surface area contributed by atoms with Crippen molar-refractivity contribution in [3.8, 4) is 0 Å². The monoisotopic (exact) mass is 664 g/mol. The number of H-pyrrole nitrogens is 1. The van der Waals surface area contributed by atoms with Gasteiger partial charge < -0.3 is 20.0 Å². The molecule has 258 valence electrons. The Morgan fingerprint density at radius 1 is 1.04 bits per heavy atom. The molecule has 0 bridgehead atoms. The molecule has 1 saturated heterocycles. The molecule has 0 aliphatic carbocycles. The lowest BCUT2D eigenvalue weighted by atomic mass is 9.89. The number of likely N-dealkylation sites (tertiary alicyclic amines) is 1. The van der Waals surface area contributed by atoms with E-state index < -0.39 is 5.97 Å². The van der Waals surface area contributed by atoms with Crippen LogP contribution in [0, 0.1) is 11.8 Å². The molecular formula is C39H48N6O4. The number of aromatic amines is 1. The summed E-state index contributed by atoms with van der Waals surface area (Å²) in [6.45, 7) is 3.66. The maximum Gasteiger partial charge on any atom is 0.327 e. The maximum absolute atomic E-state index is 12.8. The predicted octanol–water partition coefficient (Wildman–Crippen LogP) is 7.52. The number of allylic oxidation sites excluding steroid dienone is 2. The Balaban J connectivity index is 1.11. The number of aliphatic imine (C=N–C) groups is 2. The summed E-state index contributed by atoms with van der Waals surface area (Å²) in [6.07, 6.45) is 16.2. The summed E-state index contributed by atoms with van der Waals surface area (Å²) < 4.78 is 0. The lowest BCUT2D eigenvalue weighted by Crippen LogP contribution is -2.35. The van der Waals surface area contributed by atoms with E-state index in [9.17, 15) is 9.59 Å². The molecular weight excluding hydrogens is 616 g/mol. The third-order valence-corrected chi connectivity index (χ3v) is 9.93. The summed E-state index contributed by atoms with van der Waals surface area (Å²) in [6, 6.07) is 17.5. The fourth-order valence-corrected chi connectivity index (χ4v) is 7.16. The predicted molar refractivity (Wildman–Crippen MR) is 194 cm³/mol. The average molecular weight is 665 g/mol. The molecule has 2 aromatic carbocycles. The van der Waals surface area contributed by atoms with Crippen LogP contribution in [0.15, 0.2) is 76.9 Å². The molecule has 0 spiro atoms. The summed E-state index contributed by atoms with van der Waals surface area (Å²) in [4.78, 5) is 44.1. The van der Waals surface area contributed by atoms with Crippen LogP contribution in [0.3, 0.4) is 0 Å². The van der Waals surface area contributed by atoms with Crippen molar-refractivity contribution in [2.45, 2.75) is 84.0 Å². The average Bonchev–Trinajstić information content (AvgIpc) is 3.51. The first-order chi connectivity index (χ1) is 24.0. The van der Waals surface area contributed by atoms with Gasteiger partial charge in [0.05, 0.1) is 11.4 Å². The molecule has 4 N–H and O–H groups in total. The SMILES string of the molecule is CCc1cc2ccc(/C3=C/CCC4CC=CN=C4C(Nc4ccc(CC5CCCCN(C(=O)CCCC(=O)ONO)CC5)cc4)=N3)cc2[nH]1. The summed E-state index contributed by atoms with van der Waals surface area (Å²) in [5, 5.41) is 13.3. The molecule has 6 rings (SSSR count). The van der Waals surface area contributed by atoms with Crippen molar-refractivity contribution in [3.63, 3.8) is 0 Å². The van der Waals surface area contributed by atoms with Crippen LogP contribution in [0.4, 0.5) is 5.69 Å². The lowest BCUT2D eigenvalue weighted by Gasteiger charge is -2.29. The Bertz CT molecular complexity index is 1740. The fourth-order valence-electron chi connectivity index (χ4n) is 7.16. The number of carbonyl (C=O) groups excluding carboxylic acids is 2. The van der Waals surface area contributed by atoms with Gasteiger partial charge >= 0.3 is 5.97 Å². The van der Waals surface area contributed by atoms with Crippen molar-refractivity contribution in [1.29, 1.82) is 0 Å². The van der Waals surface area contributed by atoms with Gasteiger partial charge in [0, 0.05) is 60.5 Å². The van der Waals surface area contributed by atoms with E-state index in [1.165, 1.54) is 22.3 Å². The van der Waals surface area contributed by atoms with Gasteiger partial charge in [-0.05, 0) is 105 Å². The minimum absolute atomic E-state index is 0.0757. The van der Waals surface area contributed by atoms with Gasteiger partial charge in [0.2, 0.25) is 5.91 Å².